The molecule has 4 heteroatoms. The molecule has 0 saturated carbocycles. The Morgan fingerprint density at radius 1 is 1.38 bits per heavy atom. The topological polar surface area (TPSA) is 66.4 Å². The Bertz CT molecular complexity index is 164. The number of ether oxygens (including phenoxy) is 1. The normalized spacial score (nSPS) is 11.0. The molecule has 0 rings (SSSR count). The zero-order valence-electron chi connectivity index (χ0n) is 10.3. The van der Waals surface area contributed by atoms with E-state index in [1.165, 1.54) is 25.7 Å². The van der Waals surface area contributed by atoms with Gasteiger partial charge in [-0.05, 0) is 0 Å². The summed E-state index contributed by atoms with van der Waals surface area (Å²) < 4.78 is 4.34. The molecule has 1 N–H and O–H groups in total. The van der Waals surface area contributed by atoms with Crippen LogP contribution in [0.3, 0.4) is 0 Å². The second-order valence-electron chi connectivity index (χ2n) is 3.36. The number of aliphatic hydroxyl groups is 1. The third kappa shape index (κ3) is 15.6. The maximum atomic E-state index is 10.3. The molecule has 0 aromatic heterocycles. The predicted octanol–water partition coefficient (Wildman–Crippen LogP) is 2.09. The van der Waals surface area contributed by atoms with E-state index in [1.807, 2.05) is 0 Å². The van der Waals surface area contributed by atoms with Gasteiger partial charge in [0.1, 0.15) is 19.3 Å². The molecule has 1 unspecified atom stereocenters. The third-order valence-corrected chi connectivity index (χ3v) is 1.73. The fourth-order valence-corrected chi connectivity index (χ4v) is 0.785. The smallest absolute Gasteiger partial charge is 0.330 e. The second-order valence-corrected chi connectivity index (χ2v) is 3.36. The Labute approximate surface area is 97.9 Å². The SMILES string of the molecule is C=CC(=O)OCC(O)C[O].CCCCCC. The van der Waals surface area contributed by atoms with Crippen molar-refractivity contribution in [1.29, 1.82) is 0 Å². The van der Waals surface area contributed by atoms with Crippen molar-refractivity contribution < 1.29 is 19.7 Å². The van der Waals surface area contributed by atoms with E-state index in [0.717, 1.165) is 6.08 Å². The molecule has 4 nitrogen and oxygen atoms in total. The molecule has 0 spiro atoms. The highest BCUT2D eigenvalue weighted by Crippen LogP contribution is 1.95. The minimum Gasteiger partial charge on any atom is -0.460 e. The van der Waals surface area contributed by atoms with Crippen LogP contribution in [0.15, 0.2) is 12.7 Å². The van der Waals surface area contributed by atoms with E-state index in [4.69, 9.17) is 5.11 Å². The van der Waals surface area contributed by atoms with Crippen molar-refractivity contribution >= 4 is 5.97 Å². The van der Waals surface area contributed by atoms with Gasteiger partial charge < -0.3 is 9.84 Å². The van der Waals surface area contributed by atoms with E-state index in [0.29, 0.717) is 0 Å². The lowest BCUT2D eigenvalue weighted by Gasteiger charge is -2.04. The van der Waals surface area contributed by atoms with Crippen LogP contribution >= 0.6 is 0 Å². The van der Waals surface area contributed by atoms with Crippen LogP contribution in [0.2, 0.25) is 0 Å². The fraction of sp³-hybridized carbons (Fsp3) is 0.750. The van der Waals surface area contributed by atoms with Crippen LogP contribution in [0.1, 0.15) is 39.5 Å². The Kier molecular flexibility index (Phi) is 15.5. The Hall–Kier alpha value is -0.870. The quantitative estimate of drug-likeness (QED) is 0.414. The summed E-state index contributed by atoms with van der Waals surface area (Å²) in [6.45, 7) is 6.68. The molecular formula is C12H23O4. The van der Waals surface area contributed by atoms with Crippen LogP contribution in [0.25, 0.3) is 0 Å². The lowest BCUT2D eigenvalue weighted by molar-refractivity contribution is -0.141. The van der Waals surface area contributed by atoms with Crippen LogP contribution < -0.4 is 0 Å². The van der Waals surface area contributed by atoms with E-state index >= 15 is 0 Å². The standard InChI is InChI=1S/C6H9O4.C6H14/c1-2-6(9)10-4-5(8)3-7;1-3-5-6-4-2/h2,5,8H,1,3-4H2;3-6H2,1-2H3. The van der Waals surface area contributed by atoms with Gasteiger partial charge >= 0.3 is 5.97 Å². The van der Waals surface area contributed by atoms with Crippen molar-refractivity contribution in [2.45, 2.75) is 45.6 Å². The van der Waals surface area contributed by atoms with E-state index in [1.54, 1.807) is 0 Å². The van der Waals surface area contributed by atoms with Crippen LogP contribution in [0.5, 0.6) is 0 Å². The summed E-state index contributed by atoms with van der Waals surface area (Å²) in [5, 5.41) is 18.4. The van der Waals surface area contributed by atoms with Gasteiger partial charge in [-0.25, -0.2) is 9.90 Å². The van der Waals surface area contributed by atoms with Crippen LogP contribution in [-0.4, -0.2) is 30.4 Å². The van der Waals surface area contributed by atoms with Crippen molar-refractivity contribution in [3.63, 3.8) is 0 Å². The summed E-state index contributed by atoms with van der Waals surface area (Å²) in [5.41, 5.74) is 0. The van der Waals surface area contributed by atoms with Crippen molar-refractivity contribution in [3.05, 3.63) is 12.7 Å². The van der Waals surface area contributed by atoms with Gasteiger partial charge in [0.15, 0.2) is 0 Å². The summed E-state index contributed by atoms with van der Waals surface area (Å²) in [7, 11) is 0. The highest BCUT2D eigenvalue weighted by Gasteiger charge is 2.04. The van der Waals surface area contributed by atoms with Crippen molar-refractivity contribution in [1.82, 2.24) is 0 Å². The number of hydrogen-bond acceptors (Lipinski definition) is 3. The summed E-state index contributed by atoms with van der Waals surface area (Å²) in [5.74, 6) is -0.632. The molecule has 1 atom stereocenters. The van der Waals surface area contributed by atoms with Gasteiger partial charge in [0, 0.05) is 6.08 Å². The van der Waals surface area contributed by atoms with E-state index in [9.17, 15) is 9.90 Å². The molecule has 95 valence electrons. The molecule has 0 aliphatic heterocycles. The molecule has 1 radical (unpaired) electrons. The number of unbranched alkanes of at least 4 members (excludes halogenated alkanes) is 3. The summed E-state index contributed by atoms with van der Waals surface area (Å²) in [4.78, 5) is 10.3. The molecule has 0 aromatic rings. The number of carbonyl (C=O) groups is 1. The van der Waals surface area contributed by atoms with E-state index < -0.39 is 18.7 Å². The third-order valence-electron chi connectivity index (χ3n) is 1.73. The molecule has 0 aromatic carbocycles. The Morgan fingerprint density at radius 3 is 2.19 bits per heavy atom. The zero-order chi connectivity index (χ0) is 12.8. The van der Waals surface area contributed by atoms with E-state index in [2.05, 4.69) is 25.2 Å². The number of carbonyl (C=O) groups excluding carboxylic acids is 1. The van der Waals surface area contributed by atoms with Gasteiger partial charge in [-0.2, -0.15) is 0 Å². The molecule has 0 amide bonds. The second kappa shape index (κ2) is 14.1. The Morgan fingerprint density at radius 2 is 1.88 bits per heavy atom. The number of aliphatic hydroxyl groups excluding tert-OH is 1. The van der Waals surface area contributed by atoms with Gasteiger partial charge in [-0.1, -0.05) is 46.1 Å². The van der Waals surface area contributed by atoms with Crippen molar-refractivity contribution in [3.8, 4) is 0 Å². The summed E-state index contributed by atoms with van der Waals surface area (Å²) in [6.07, 6.45) is 5.40. The first-order valence-electron chi connectivity index (χ1n) is 5.67. The lowest BCUT2D eigenvalue weighted by atomic mass is 10.2. The summed E-state index contributed by atoms with van der Waals surface area (Å²) >= 11 is 0. The monoisotopic (exact) mass is 231 g/mol. The largest absolute Gasteiger partial charge is 0.460 e. The Balaban J connectivity index is 0. The van der Waals surface area contributed by atoms with Crippen LogP contribution in [-0.2, 0) is 14.6 Å². The molecular weight excluding hydrogens is 208 g/mol. The molecule has 0 aliphatic rings. The average molecular weight is 231 g/mol. The van der Waals surface area contributed by atoms with Crippen molar-refractivity contribution in [2.75, 3.05) is 13.2 Å². The van der Waals surface area contributed by atoms with Gasteiger partial charge in [-0.15, -0.1) is 0 Å². The number of rotatable bonds is 7. The van der Waals surface area contributed by atoms with Gasteiger partial charge in [0.25, 0.3) is 0 Å². The zero-order valence-corrected chi connectivity index (χ0v) is 10.3. The van der Waals surface area contributed by atoms with Crippen LogP contribution in [0, 0.1) is 0 Å². The fourth-order valence-electron chi connectivity index (χ4n) is 0.785. The molecule has 0 heterocycles. The van der Waals surface area contributed by atoms with Gasteiger partial charge in [-0.3, -0.25) is 0 Å². The van der Waals surface area contributed by atoms with E-state index in [-0.39, 0.29) is 6.61 Å². The maximum Gasteiger partial charge on any atom is 0.330 e. The first-order valence-corrected chi connectivity index (χ1v) is 5.67. The highest BCUT2D eigenvalue weighted by molar-refractivity contribution is 5.81. The van der Waals surface area contributed by atoms with Crippen LogP contribution in [0.4, 0.5) is 0 Å². The minimum absolute atomic E-state index is 0.256. The number of hydrogen-bond donors (Lipinski definition) is 1. The molecule has 0 saturated heterocycles. The lowest BCUT2D eigenvalue weighted by Crippen LogP contribution is -2.20. The average Bonchev–Trinajstić information content (AvgIpc) is 2.33. The maximum absolute atomic E-state index is 10.3. The number of esters is 1. The first kappa shape index (κ1) is 17.5. The van der Waals surface area contributed by atoms with Gasteiger partial charge in [0.2, 0.25) is 0 Å². The predicted molar refractivity (Wildman–Crippen MR) is 62.5 cm³/mol. The molecule has 0 fully saturated rings. The van der Waals surface area contributed by atoms with Crippen molar-refractivity contribution in [2.24, 2.45) is 0 Å². The molecule has 0 bridgehead atoms. The minimum atomic E-state index is -1.11. The summed E-state index contributed by atoms with van der Waals surface area (Å²) in [6, 6.07) is 0. The van der Waals surface area contributed by atoms with Gasteiger partial charge in [0.05, 0.1) is 0 Å². The molecule has 16 heavy (non-hydrogen) atoms. The highest BCUT2D eigenvalue weighted by atomic mass is 16.5. The first-order chi connectivity index (χ1) is 7.62. The molecule has 0 aliphatic carbocycles.